The summed E-state index contributed by atoms with van der Waals surface area (Å²) >= 11 is 0. The predicted octanol–water partition coefficient (Wildman–Crippen LogP) is -0.405. The first-order chi connectivity index (χ1) is 7.05. The van der Waals surface area contributed by atoms with Gasteiger partial charge in [-0.25, -0.2) is 4.98 Å². The molecule has 0 unspecified atom stereocenters. The van der Waals surface area contributed by atoms with Crippen molar-refractivity contribution in [1.82, 2.24) is 9.71 Å². The van der Waals surface area contributed by atoms with E-state index in [4.69, 9.17) is 5.73 Å². The molecule has 1 rings (SSSR count). The van der Waals surface area contributed by atoms with Crippen molar-refractivity contribution in [3.05, 3.63) is 23.9 Å². The van der Waals surface area contributed by atoms with Gasteiger partial charge in [-0.05, 0) is 18.6 Å². The fourth-order valence-electron chi connectivity index (χ4n) is 0.949. The number of hydrogen-bond donors (Lipinski definition) is 3. The van der Waals surface area contributed by atoms with E-state index in [1.54, 1.807) is 19.1 Å². The van der Waals surface area contributed by atoms with Crippen molar-refractivity contribution >= 4 is 16.0 Å². The Morgan fingerprint density at radius 3 is 2.87 bits per heavy atom. The van der Waals surface area contributed by atoms with Crippen molar-refractivity contribution < 1.29 is 8.42 Å². The van der Waals surface area contributed by atoms with Gasteiger partial charge in [0.15, 0.2) is 0 Å². The minimum Gasteiger partial charge on any atom is -0.329 e. The lowest BCUT2D eigenvalue weighted by atomic mass is 10.3. The number of hydrogen-bond acceptors (Lipinski definition) is 4. The van der Waals surface area contributed by atoms with E-state index in [1.165, 1.54) is 6.20 Å². The van der Waals surface area contributed by atoms with E-state index in [0.29, 0.717) is 5.82 Å². The standard InChI is InChI=1S/C8H14N4O2S/c1-7-3-2-5-10-8(7)12-15(13,14)11-6-4-9/h2-3,5,11H,4,6,9H2,1H3,(H,10,12). The molecule has 1 aromatic rings. The molecule has 84 valence electrons. The number of aromatic nitrogens is 1. The number of aryl methyl sites for hydroxylation is 1. The second-order valence-corrected chi connectivity index (χ2v) is 4.46. The van der Waals surface area contributed by atoms with E-state index in [-0.39, 0.29) is 13.1 Å². The smallest absolute Gasteiger partial charge is 0.300 e. The molecule has 0 saturated heterocycles. The van der Waals surface area contributed by atoms with Crippen LogP contribution in [0.5, 0.6) is 0 Å². The molecule has 0 bridgehead atoms. The normalized spacial score (nSPS) is 11.3. The van der Waals surface area contributed by atoms with E-state index in [9.17, 15) is 8.42 Å². The van der Waals surface area contributed by atoms with Gasteiger partial charge in [0.1, 0.15) is 5.82 Å². The number of nitrogens with zero attached hydrogens (tertiary/aromatic N) is 1. The van der Waals surface area contributed by atoms with Gasteiger partial charge in [0.2, 0.25) is 0 Å². The van der Waals surface area contributed by atoms with Crippen molar-refractivity contribution in [2.24, 2.45) is 5.73 Å². The Kier molecular flexibility index (Phi) is 4.01. The molecule has 1 heterocycles. The first-order valence-electron chi connectivity index (χ1n) is 4.44. The first kappa shape index (κ1) is 11.9. The summed E-state index contributed by atoms with van der Waals surface area (Å²) in [4.78, 5) is 3.91. The molecule has 0 atom stereocenters. The number of anilines is 1. The molecular formula is C8H14N4O2S. The van der Waals surface area contributed by atoms with Gasteiger partial charge >= 0.3 is 0 Å². The second kappa shape index (κ2) is 5.06. The highest BCUT2D eigenvalue weighted by Crippen LogP contribution is 2.09. The summed E-state index contributed by atoms with van der Waals surface area (Å²) in [6, 6.07) is 3.51. The number of pyridine rings is 1. The van der Waals surface area contributed by atoms with Gasteiger partial charge in [-0.3, -0.25) is 4.72 Å². The van der Waals surface area contributed by atoms with Crippen LogP contribution in [-0.4, -0.2) is 26.5 Å². The zero-order chi connectivity index (χ0) is 11.3. The van der Waals surface area contributed by atoms with Crippen molar-refractivity contribution in [2.75, 3.05) is 17.8 Å². The maximum atomic E-state index is 11.4. The molecule has 0 fully saturated rings. The highest BCUT2D eigenvalue weighted by atomic mass is 32.2. The maximum absolute atomic E-state index is 11.4. The molecule has 7 heteroatoms. The molecule has 0 spiro atoms. The highest BCUT2D eigenvalue weighted by Gasteiger charge is 2.10. The third kappa shape index (κ3) is 3.82. The van der Waals surface area contributed by atoms with Crippen LogP contribution in [0, 0.1) is 6.92 Å². The quantitative estimate of drug-likeness (QED) is 0.641. The highest BCUT2D eigenvalue weighted by molar-refractivity contribution is 7.90. The van der Waals surface area contributed by atoms with Crippen LogP contribution in [0.2, 0.25) is 0 Å². The van der Waals surface area contributed by atoms with Crippen LogP contribution in [0.1, 0.15) is 5.56 Å². The van der Waals surface area contributed by atoms with Gasteiger partial charge in [-0.1, -0.05) is 6.07 Å². The van der Waals surface area contributed by atoms with Crippen molar-refractivity contribution in [3.8, 4) is 0 Å². The lowest BCUT2D eigenvalue weighted by Crippen LogP contribution is -2.34. The average molecular weight is 230 g/mol. The topological polar surface area (TPSA) is 97.1 Å². The molecule has 4 N–H and O–H groups in total. The van der Waals surface area contributed by atoms with Crippen molar-refractivity contribution in [2.45, 2.75) is 6.92 Å². The van der Waals surface area contributed by atoms with E-state index >= 15 is 0 Å². The molecule has 0 aliphatic carbocycles. The summed E-state index contributed by atoms with van der Waals surface area (Å²) in [5, 5.41) is 0. The zero-order valence-electron chi connectivity index (χ0n) is 8.40. The number of nitrogens with two attached hydrogens (primary N) is 1. The Bertz CT molecular complexity index is 418. The van der Waals surface area contributed by atoms with E-state index in [1.807, 2.05) is 0 Å². The lowest BCUT2D eigenvalue weighted by molar-refractivity contribution is 0.587. The molecule has 0 aliphatic rings. The van der Waals surface area contributed by atoms with Crippen LogP contribution in [0.4, 0.5) is 5.82 Å². The van der Waals surface area contributed by atoms with Gasteiger partial charge in [0.05, 0.1) is 0 Å². The van der Waals surface area contributed by atoms with Gasteiger partial charge < -0.3 is 5.73 Å². The molecule has 6 nitrogen and oxygen atoms in total. The van der Waals surface area contributed by atoms with Gasteiger partial charge in [-0.15, -0.1) is 0 Å². The van der Waals surface area contributed by atoms with Crippen LogP contribution in [-0.2, 0) is 10.2 Å². The molecule has 1 aromatic heterocycles. The zero-order valence-corrected chi connectivity index (χ0v) is 9.21. The summed E-state index contributed by atoms with van der Waals surface area (Å²) < 4.78 is 27.4. The van der Waals surface area contributed by atoms with Crippen LogP contribution in [0.3, 0.4) is 0 Å². The van der Waals surface area contributed by atoms with Crippen molar-refractivity contribution in [3.63, 3.8) is 0 Å². The number of nitrogens with one attached hydrogen (secondary N) is 2. The van der Waals surface area contributed by atoms with Crippen LogP contribution < -0.4 is 15.2 Å². The largest absolute Gasteiger partial charge is 0.329 e. The predicted molar refractivity (Wildman–Crippen MR) is 58.6 cm³/mol. The Balaban J connectivity index is 2.74. The van der Waals surface area contributed by atoms with Gasteiger partial charge in [0.25, 0.3) is 10.2 Å². The summed E-state index contributed by atoms with van der Waals surface area (Å²) in [6.45, 7) is 2.22. The summed E-state index contributed by atoms with van der Waals surface area (Å²) in [6.07, 6.45) is 1.52. The fraction of sp³-hybridized carbons (Fsp3) is 0.375. The van der Waals surface area contributed by atoms with Crippen molar-refractivity contribution in [1.29, 1.82) is 0 Å². The average Bonchev–Trinajstić information content (AvgIpc) is 2.18. The van der Waals surface area contributed by atoms with Crippen LogP contribution >= 0.6 is 0 Å². The molecule has 15 heavy (non-hydrogen) atoms. The Labute approximate surface area is 89.1 Å². The van der Waals surface area contributed by atoms with E-state index in [0.717, 1.165) is 5.56 Å². The monoisotopic (exact) mass is 230 g/mol. The Morgan fingerprint density at radius 2 is 2.27 bits per heavy atom. The SMILES string of the molecule is Cc1cccnc1NS(=O)(=O)NCCN. The molecule has 0 radical (unpaired) electrons. The minimum absolute atomic E-state index is 0.196. The molecule has 0 saturated carbocycles. The second-order valence-electron chi connectivity index (χ2n) is 2.96. The molecule has 0 amide bonds. The van der Waals surface area contributed by atoms with Crippen LogP contribution in [0.25, 0.3) is 0 Å². The molecular weight excluding hydrogens is 216 g/mol. The van der Waals surface area contributed by atoms with Gasteiger partial charge in [-0.2, -0.15) is 13.1 Å². The Morgan fingerprint density at radius 1 is 1.53 bits per heavy atom. The first-order valence-corrected chi connectivity index (χ1v) is 5.92. The number of rotatable bonds is 5. The van der Waals surface area contributed by atoms with Gasteiger partial charge in [0, 0.05) is 19.3 Å². The minimum atomic E-state index is -3.56. The summed E-state index contributed by atoms with van der Waals surface area (Å²) in [7, 11) is -3.56. The maximum Gasteiger partial charge on any atom is 0.300 e. The molecule has 0 aromatic carbocycles. The van der Waals surface area contributed by atoms with Crippen LogP contribution in [0.15, 0.2) is 18.3 Å². The molecule has 0 aliphatic heterocycles. The van der Waals surface area contributed by atoms with E-state index in [2.05, 4.69) is 14.4 Å². The third-order valence-electron chi connectivity index (χ3n) is 1.68. The Hall–Kier alpha value is -1.18. The summed E-state index contributed by atoms with van der Waals surface area (Å²) in [5.41, 5.74) is 5.95. The van der Waals surface area contributed by atoms with E-state index < -0.39 is 10.2 Å². The third-order valence-corrected chi connectivity index (χ3v) is 2.72. The summed E-state index contributed by atoms with van der Waals surface area (Å²) in [5.74, 6) is 0.321. The lowest BCUT2D eigenvalue weighted by Gasteiger charge is -2.09. The fourth-order valence-corrected chi connectivity index (χ4v) is 1.88.